The molecule has 18 unspecified atom stereocenters. The minimum atomic E-state index is -5.69. The van der Waals surface area contributed by atoms with Crippen molar-refractivity contribution in [3.05, 3.63) is 12.2 Å². The number of rotatable bonds is 57. The van der Waals surface area contributed by atoms with Gasteiger partial charge in [0.05, 0.1) is 13.2 Å². The maximum absolute atomic E-state index is 14.3. The fraction of sp³-hybridized carbons (Fsp3) is 0.929. The van der Waals surface area contributed by atoms with Crippen LogP contribution in [0.4, 0.5) is 0 Å². The average molecular weight is 1390 g/mol. The highest BCUT2D eigenvalue weighted by Crippen LogP contribution is 2.49. The number of phosphoric ester groups is 1. The molecule has 3 rings (SSSR count). The molecule has 558 valence electrons. The Bertz CT molecular complexity index is 2020. The number of ether oxygens (including phenoxy) is 7. The van der Waals surface area contributed by atoms with Crippen molar-refractivity contribution in [2.24, 2.45) is 0 Å². The van der Waals surface area contributed by atoms with Crippen molar-refractivity contribution in [1.29, 1.82) is 0 Å². The quantitative estimate of drug-likeness (QED) is 0.00887. The number of hydrogen-bond acceptors (Lipinski definition) is 23. The number of hydrogen-bond donors (Lipinski definition) is 11. The summed E-state index contributed by atoms with van der Waals surface area (Å²) in [6.07, 6.45) is 10.1. The molecule has 0 amide bonds. The van der Waals surface area contributed by atoms with E-state index >= 15 is 0 Å². The zero-order valence-corrected chi connectivity index (χ0v) is 58.9. The largest absolute Gasteiger partial charge is 0.472 e. The van der Waals surface area contributed by atoms with E-state index in [9.17, 15) is 74.9 Å². The molecule has 0 aromatic rings. The lowest BCUT2D eigenvalue weighted by Crippen LogP contribution is -2.69. The summed E-state index contributed by atoms with van der Waals surface area (Å²) in [6, 6.07) is 0. The van der Waals surface area contributed by atoms with Crippen molar-refractivity contribution in [3.8, 4) is 0 Å². The molecule has 11 N–H and O–H groups in total. The van der Waals surface area contributed by atoms with E-state index in [0.717, 1.165) is 116 Å². The Morgan fingerprint density at radius 2 is 0.737 bits per heavy atom. The standard InChI is InChI=1S/C70H129O24P/c1-4-7-10-13-16-19-22-24-26-28-31-32-35-38-41-44-54(72)86-48-51(89-56(74)46-43-40-37-34-29-21-18-15-12-9-6-3)49-88-95(84,85)94-68-66(92-69-64(82)59(77)57(75)52(47-71)90-69)62(80)61(79)63(81)67(68)93-70-65(83)60(78)58(76)53(91-70)50-87-55(73)45-42-39-36-33-30-27-25-23-20-17-14-11-8-5-2/h19,22,51-53,57-71,75-83H,4-18,20-21,23-50H2,1-3H3,(H,84,85)/b22-19-. The molecule has 1 saturated carbocycles. The van der Waals surface area contributed by atoms with Crippen molar-refractivity contribution in [2.75, 3.05) is 26.4 Å². The number of esters is 3. The summed E-state index contributed by atoms with van der Waals surface area (Å²) in [6.45, 7) is 3.42. The van der Waals surface area contributed by atoms with Gasteiger partial charge < -0.3 is 89.1 Å². The summed E-state index contributed by atoms with van der Waals surface area (Å²) < 4.78 is 64.9. The monoisotopic (exact) mass is 1380 g/mol. The Balaban J connectivity index is 1.73. The predicted octanol–water partition coefficient (Wildman–Crippen LogP) is 9.57. The minimum Gasteiger partial charge on any atom is -0.463 e. The Hall–Kier alpha value is -2.30. The first-order valence-corrected chi connectivity index (χ1v) is 38.5. The number of phosphoric acid groups is 1. The maximum Gasteiger partial charge on any atom is 0.472 e. The number of allylic oxidation sites excluding steroid dienone is 2. The Morgan fingerprint density at radius 1 is 0.400 bits per heavy atom. The smallest absolute Gasteiger partial charge is 0.463 e. The number of carbonyl (C=O) groups excluding carboxylic acids is 3. The first-order valence-electron chi connectivity index (χ1n) is 37.0. The van der Waals surface area contributed by atoms with E-state index in [1.807, 2.05) is 0 Å². The normalized spacial score (nSPS) is 28.1. The molecule has 0 aromatic heterocycles. The zero-order valence-electron chi connectivity index (χ0n) is 58.0. The van der Waals surface area contributed by atoms with E-state index in [2.05, 4.69) is 32.9 Å². The molecule has 0 bridgehead atoms. The van der Waals surface area contributed by atoms with Crippen LogP contribution in [0.15, 0.2) is 12.2 Å². The summed E-state index contributed by atoms with van der Waals surface area (Å²) >= 11 is 0. The van der Waals surface area contributed by atoms with Gasteiger partial charge in [-0.2, -0.15) is 0 Å². The SMILES string of the molecule is CCCCCC/C=C\CCCCCCCCCC(=O)OCC(COP(=O)(O)OC1C(OC2OC(CO)C(O)C(O)C2O)C(O)C(O)C(O)C1OC1OC(COC(=O)CCCCCCCCCCCCCCCC)C(O)C(O)C1O)OC(=O)CCCCCCCCCCCCC. The third kappa shape index (κ3) is 36.2. The maximum atomic E-state index is 14.3. The van der Waals surface area contributed by atoms with E-state index in [1.54, 1.807) is 0 Å². The van der Waals surface area contributed by atoms with E-state index in [0.29, 0.717) is 19.3 Å². The van der Waals surface area contributed by atoms with Gasteiger partial charge in [0.25, 0.3) is 0 Å². The van der Waals surface area contributed by atoms with E-state index in [4.69, 9.17) is 42.2 Å². The van der Waals surface area contributed by atoms with Crippen molar-refractivity contribution >= 4 is 25.7 Å². The van der Waals surface area contributed by atoms with Gasteiger partial charge in [0.15, 0.2) is 18.7 Å². The molecule has 18 atom stereocenters. The second kappa shape index (κ2) is 52.6. The van der Waals surface area contributed by atoms with Crippen LogP contribution in [0.1, 0.15) is 284 Å². The number of unbranched alkanes of at least 4 members (excludes halogenated alkanes) is 34. The number of aliphatic hydroxyl groups is 10. The first-order chi connectivity index (χ1) is 45.8. The van der Waals surface area contributed by atoms with Gasteiger partial charge in [0, 0.05) is 19.3 Å². The minimum absolute atomic E-state index is 0.0324. The van der Waals surface area contributed by atoms with E-state index in [1.165, 1.54) is 109 Å². The predicted molar refractivity (Wildman–Crippen MR) is 356 cm³/mol. The third-order valence-corrected chi connectivity index (χ3v) is 19.3. The fourth-order valence-corrected chi connectivity index (χ4v) is 13.2. The van der Waals surface area contributed by atoms with Crippen LogP contribution < -0.4 is 0 Å². The zero-order chi connectivity index (χ0) is 69.6. The highest BCUT2D eigenvalue weighted by atomic mass is 31.2. The van der Waals surface area contributed by atoms with Crippen LogP contribution in [0.3, 0.4) is 0 Å². The Labute approximate surface area is 567 Å². The fourth-order valence-electron chi connectivity index (χ4n) is 12.2. The van der Waals surface area contributed by atoms with Gasteiger partial charge in [-0.25, -0.2) is 4.57 Å². The lowest BCUT2D eigenvalue weighted by Gasteiger charge is -2.49. The molecule has 25 heteroatoms. The molecular formula is C70H129O24P. The van der Waals surface area contributed by atoms with Gasteiger partial charge in [0.2, 0.25) is 0 Å². The van der Waals surface area contributed by atoms with Crippen LogP contribution in [0.2, 0.25) is 0 Å². The van der Waals surface area contributed by atoms with Gasteiger partial charge in [-0.15, -0.1) is 0 Å². The molecular weight excluding hydrogens is 1260 g/mol. The molecule has 24 nitrogen and oxygen atoms in total. The average Bonchev–Trinajstić information content (AvgIpc) is 0.763. The van der Waals surface area contributed by atoms with Gasteiger partial charge in [0.1, 0.15) is 98.7 Å². The van der Waals surface area contributed by atoms with Crippen LogP contribution in [0.25, 0.3) is 0 Å². The molecule has 3 aliphatic rings. The van der Waals surface area contributed by atoms with Crippen molar-refractivity contribution < 1.29 is 117 Å². The molecule has 95 heavy (non-hydrogen) atoms. The second-order valence-electron chi connectivity index (χ2n) is 26.7. The highest BCUT2D eigenvalue weighted by Gasteiger charge is 2.58. The molecule has 2 heterocycles. The lowest BCUT2D eigenvalue weighted by molar-refractivity contribution is -0.360. The molecule has 2 aliphatic heterocycles. The summed E-state index contributed by atoms with van der Waals surface area (Å²) in [5.41, 5.74) is 0. The molecule has 2 saturated heterocycles. The summed E-state index contributed by atoms with van der Waals surface area (Å²) in [4.78, 5) is 50.9. The Morgan fingerprint density at radius 3 is 1.15 bits per heavy atom. The second-order valence-corrected chi connectivity index (χ2v) is 28.1. The van der Waals surface area contributed by atoms with E-state index in [-0.39, 0.29) is 19.3 Å². The van der Waals surface area contributed by atoms with Crippen molar-refractivity contribution in [2.45, 2.75) is 388 Å². The van der Waals surface area contributed by atoms with Gasteiger partial charge in [-0.05, 0) is 44.9 Å². The molecule has 1 aliphatic carbocycles. The van der Waals surface area contributed by atoms with Crippen molar-refractivity contribution in [3.63, 3.8) is 0 Å². The summed E-state index contributed by atoms with van der Waals surface area (Å²) in [5.74, 6) is -1.99. The van der Waals surface area contributed by atoms with Crippen molar-refractivity contribution in [1.82, 2.24) is 0 Å². The van der Waals surface area contributed by atoms with Crippen LogP contribution in [0, 0.1) is 0 Å². The van der Waals surface area contributed by atoms with E-state index < -0.39 is 156 Å². The van der Waals surface area contributed by atoms with Crippen LogP contribution in [-0.2, 0) is 61.2 Å². The van der Waals surface area contributed by atoms with Crippen LogP contribution >= 0.6 is 7.82 Å². The third-order valence-electron chi connectivity index (χ3n) is 18.3. The van der Waals surface area contributed by atoms with Gasteiger partial charge in [-0.1, -0.05) is 232 Å². The topological polar surface area (TPSA) is 374 Å². The number of aliphatic hydroxyl groups excluding tert-OH is 10. The summed E-state index contributed by atoms with van der Waals surface area (Å²) in [7, 11) is -5.69. The molecule has 0 spiro atoms. The first kappa shape index (κ1) is 86.9. The Kier molecular flexibility index (Phi) is 48.2. The molecule has 3 fully saturated rings. The molecule has 0 radical (unpaired) electrons. The van der Waals surface area contributed by atoms with Gasteiger partial charge in [-0.3, -0.25) is 23.4 Å². The molecule has 0 aromatic carbocycles. The van der Waals surface area contributed by atoms with Gasteiger partial charge >= 0.3 is 25.7 Å². The van der Waals surface area contributed by atoms with Crippen LogP contribution in [0.5, 0.6) is 0 Å². The highest BCUT2D eigenvalue weighted by molar-refractivity contribution is 7.47. The lowest BCUT2D eigenvalue weighted by atomic mass is 9.84. The number of carbonyl (C=O) groups is 3. The van der Waals surface area contributed by atoms with Crippen LogP contribution in [-0.4, -0.2) is 204 Å². The summed E-state index contributed by atoms with van der Waals surface area (Å²) in [5, 5.41) is 110.